The largest absolute Gasteiger partial charge is 0.497 e. The molecule has 0 aromatic heterocycles. The standard InChI is InChI=1S/C33H46N4O2/c1-6-18-36(5)19-10-21-39-32-23-27(13-15-28(32)26-14-16-29(34-7-2)24(3)22-26)33(38)37-20-17-25(4)35-30-11-8-9-12-31(30)37/h8-9,11-14,16,22-23,25,28,34-35H,6-7,10,15,17-21H2,1-5H3/t25-,28?/m0/s1. The van der Waals surface area contributed by atoms with Gasteiger partial charge < -0.3 is 25.2 Å². The summed E-state index contributed by atoms with van der Waals surface area (Å²) in [7, 11) is 2.16. The van der Waals surface area contributed by atoms with Crippen LogP contribution < -0.4 is 15.5 Å². The minimum atomic E-state index is 0.0410. The van der Waals surface area contributed by atoms with Gasteiger partial charge in [0.1, 0.15) is 5.76 Å². The summed E-state index contributed by atoms with van der Waals surface area (Å²) >= 11 is 0. The average molecular weight is 531 g/mol. The van der Waals surface area contributed by atoms with Gasteiger partial charge in [-0.2, -0.15) is 0 Å². The number of hydrogen-bond acceptors (Lipinski definition) is 5. The van der Waals surface area contributed by atoms with Gasteiger partial charge in [0.15, 0.2) is 0 Å². The molecule has 1 heterocycles. The fourth-order valence-electron chi connectivity index (χ4n) is 5.55. The normalized spacial score (nSPS) is 19.0. The summed E-state index contributed by atoms with van der Waals surface area (Å²) < 4.78 is 6.47. The zero-order valence-electron chi connectivity index (χ0n) is 24.4. The molecular formula is C33H46N4O2. The predicted molar refractivity (Wildman–Crippen MR) is 164 cm³/mol. The van der Waals surface area contributed by atoms with E-state index < -0.39 is 0 Å². The van der Waals surface area contributed by atoms with E-state index in [-0.39, 0.29) is 11.8 Å². The average Bonchev–Trinajstić information content (AvgIpc) is 3.10. The third-order valence-electron chi connectivity index (χ3n) is 7.67. The van der Waals surface area contributed by atoms with Crippen LogP contribution in [0.1, 0.15) is 63.5 Å². The molecule has 0 bridgehead atoms. The van der Waals surface area contributed by atoms with Crippen LogP contribution in [-0.4, -0.2) is 56.7 Å². The number of anilines is 3. The predicted octanol–water partition coefficient (Wildman–Crippen LogP) is 6.71. The van der Waals surface area contributed by atoms with Crippen LogP contribution in [0, 0.1) is 6.92 Å². The Balaban J connectivity index is 1.57. The van der Waals surface area contributed by atoms with Crippen LogP contribution in [0.15, 0.2) is 65.9 Å². The topological polar surface area (TPSA) is 56.8 Å². The van der Waals surface area contributed by atoms with Crippen LogP contribution in [0.2, 0.25) is 0 Å². The molecule has 0 saturated carbocycles. The third kappa shape index (κ3) is 7.24. The molecule has 0 radical (unpaired) electrons. The molecule has 0 saturated heterocycles. The second-order valence-electron chi connectivity index (χ2n) is 10.9. The van der Waals surface area contributed by atoms with Crippen LogP contribution in [0.25, 0.3) is 0 Å². The van der Waals surface area contributed by atoms with Crippen molar-refractivity contribution in [3.63, 3.8) is 0 Å². The second-order valence-corrected chi connectivity index (χ2v) is 10.9. The van der Waals surface area contributed by atoms with E-state index in [0.717, 1.165) is 73.7 Å². The Bertz CT molecular complexity index is 1190. The van der Waals surface area contributed by atoms with Gasteiger partial charge in [0.05, 0.1) is 18.0 Å². The number of carbonyl (C=O) groups is 1. The Morgan fingerprint density at radius 3 is 2.77 bits per heavy atom. The van der Waals surface area contributed by atoms with Crippen molar-refractivity contribution >= 4 is 23.0 Å². The van der Waals surface area contributed by atoms with E-state index in [1.54, 1.807) is 0 Å². The quantitative estimate of drug-likeness (QED) is 0.316. The van der Waals surface area contributed by atoms with Crippen molar-refractivity contribution in [2.45, 2.75) is 65.3 Å². The highest BCUT2D eigenvalue weighted by atomic mass is 16.5. The Kier molecular flexibility index (Phi) is 10.1. The number of benzene rings is 2. The zero-order chi connectivity index (χ0) is 27.8. The molecule has 2 atom stereocenters. The first-order valence-corrected chi connectivity index (χ1v) is 14.7. The number of para-hydroxylation sites is 2. The molecule has 2 aromatic carbocycles. The van der Waals surface area contributed by atoms with Gasteiger partial charge >= 0.3 is 0 Å². The minimum absolute atomic E-state index is 0.0410. The number of aryl methyl sites for hydroxylation is 1. The first kappa shape index (κ1) is 28.8. The number of ether oxygens (including phenoxy) is 1. The third-order valence-corrected chi connectivity index (χ3v) is 7.67. The molecule has 0 fully saturated rings. The van der Waals surface area contributed by atoms with Crippen molar-refractivity contribution in [2.24, 2.45) is 0 Å². The molecule has 1 unspecified atom stereocenters. The number of rotatable bonds is 11. The fourth-order valence-corrected chi connectivity index (χ4v) is 5.55. The maximum Gasteiger partial charge on any atom is 0.258 e. The molecule has 4 rings (SSSR count). The molecule has 1 amide bonds. The molecule has 210 valence electrons. The van der Waals surface area contributed by atoms with Gasteiger partial charge in [-0.15, -0.1) is 0 Å². The molecule has 1 aliphatic heterocycles. The van der Waals surface area contributed by atoms with Crippen molar-refractivity contribution in [1.29, 1.82) is 0 Å². The number of carbonyl (C=O) groups excluding carboxylic acids is 1. The fraction of sp³-hybridized carbons (Fsp3) is 0.485. The summed E-state index contributed by atoms with van der Waals surface area (Å²) in [5.41, 5.74) is 6.29. The minimum Gasteiger partial charge on any atom is -0.497 e. The summed E-state index contributed by atoms with van der Waals surface area (Å²) in [4.78, 5) is 18.2. The summed E-state index contributed by atoms with van der Waals surface area (Å²) in [6.07, 6.45) is 7.85. The first-order chi connectivity index (χ1) is 18.9. The van der Waals surface area contributed by atoms with Gasteiger partial charge in [-0.25, -0.2) is 0 Å². The number of amides is 1. The van der Waals surface area contributed by atoms with Crippen LogP contribution in [0.5, 0.6) is 0 Å². The number of allylic oxidation sites excluding steroid dienone is 2. The van der Waals surface area contributed by atoms with E-state index in [2.05, 4.69) is 80.6 Å². The second kappa shape index (κ2) is 13.7. The van der Waals surface area contributed by atoms with Gasteiger partial charge in [0.25, 0.3) is 5.91 Å². The van der Waals surface area contributed by atoms with E-state index >= 15 is 0 Å². The number of hydrogen-bond donors (Lipinski definition) is 2. The lowest BCUT2D eigenvalue weighted by Gasteiger charge is -2.28. The van der Waals surface area contributed by atoms with Gasteiger partial charge in [0.2, 0.25) is 0 Å². The van der Waals surface area contributed by atoms with Crippen molar-refractivity contribution in [3.05, 3.63) is 77.1 Å². The molecule has 39 heavy (non-hydrogen) atoms. The van der Waals surface area contributed by atoms with Crippen molar-refractivity contribution in [2.75, 3.05) is 55.4 Å². The number of nitrogens with one attached hydrogen (secondary N) is 2. The summed E-state index contributed by atoms with van der Waals surface area (Å²) in [6, 6.07) is 15.0. The number of fused-ring (bicyclic) bond motifs is 1. The van der Waals surface area contributed by atoms with Gasteiger partial charge in [-0.1, -0.05) is 37.3 Å². The van der Waals surface area contributed by atoms with E-state index in [4.69, 9.17) is 4.74 Å². The van der Waals surface area contributed by atoms with Gasteiger partial charge in [-0.05, 0) is 95.4 Å². The lowest BCUT2D eigenvalue weighted by Crippen LogP contribution is -2.33. The maximum absolute atomic E-state index is 13.9. The van der Waals surface area contributed by atoms with Gasteiger partial charge in [-0.3, -0.25) is 4.79 Å². The molecule has 2 aromatic rings. The van der Waals surface area contributed by atoms with Gasteiger partial charge in [0, 0.05) is 42.9 Å². The molecule has 0 spiro atoms. The molecule has 1 aliphatic carbocycles. The van der Waals surface area contributed by atoms with E-state index in [0.29, 0.717) is 19.2 Å². The highest BCUT2D eigenvalue weighted by Gasteiger charge is 2.29. The Morgan fingerprint density at radius 2 is 2.00 bits per heavy atom. The van der Waals surface area contributed by atoms with E-state index in [1.165, 1.54) is 11.1 Å². The molecular weight excluding hydrogens is 484 g/mol. The first-order valence-electron chi connectivity index (χ1n) is 14.7. The van der Waals surface area contributed by atoms with Crippen LogP contribution in [0.4, 0.5) is 17.1 Å². The highest BCUT2D eigenvalue weighted by Crippen LogP contribution is 2.37. The SMILES string of the molecule is CCCN(C)CCCOC1=CC(C(=O)N2CC[C@H](C)Nc3ccccc32)=CCC1c1ccc(NCC)c(C)c1. The zero-order valence-corrected chi connectivity index (χ0v) is 24.4. The highest BCUT2D eigenvalue weighted by molar-refractivity contribution is 6.09. The lowest BCUT2D eigenvalue weighted by molar-refractivity contribution is -0.114. The summed E-state index contributed by atoms with van der Waals surface area (Å²) in [6.45, 7) is 12.9. The van der Waals surface area contributed by atoms with Crippen molar-refractivity contribution < 1.29 is 9.53 Å². The smallest absolute Gasteiger partial charge is 0.258 e. The maximum atomic E-state index is 13.9. The summed E-state index contributed by atoms with van der Waals surface area (Å²) in [5, 5.41) is 6.99. The van der Waals surface area contributed by atoms with Crippen LogP contribution in [-0.2, 0) is 9.53 Å². The summed E-state index contributed by atoms with van der Waals surface area (Å²) in [5.74, 6) is 1.03. The Morgan fingerprint density at radius 1 is 1.18 bits per heavy atom. The monoisotopic (exact) mass is 530 g/mol. The molecule has 2 aliphatic rings. The lowest BCUT2D eigenvalue weighted by atomic mass is 9.87. The van der Waals surface area contributed by atoms with Crippen LogP contribution >= 0.6 is 0 Å². The number of nitrogens with zero attached hydrogens (tertiary/aromatic N) is 2. The Labute approximate surface area is 235 Å². The van der Waals surface area contributed by atoms with Crippen molar-refractivity contribution in [3.8, 4) is 0 Å². The molecule has 6 nitrogen and oxygen atoms in total. The molecule has 2 N–H and O–H groups in total. The molecule has 6 heteroatoms. The van der Waals surface area contributed by atoms with E-state index in [1.807, 2.05) is 29.2 Å². The Hall–Kier alpha value is -3.25. The van der Waals surface area contributed by atoms with Crippen LogP contribution in [0.3, 0.4) is 0 Å². The van der Waals surface area contributed by atoms with E-state index in [9.17, 15) is 4.79 Å². The van der Waals surface area contributed by atoms with Crippen molar-refractivity contribution in [1.82, 2.24) is 4.90 Å².